The third-order valence-electron chi connectivity index (χ3n) is 10.7. The molecular formula is C27H46O3. The molecule has 0 aromatic heterocycles. The number of fused-ring (bicyclic) bond motifs is 5. The Morgan fingerprint density at radius 1 is 1.00 bits per heavy atom. The van der Waals surface area contributed by atoms with E-state index in [1.165, 1.54) is 18.4 Å². The number of hydrogen-bond acceptors (Lipinski definition) is 3. The molecule has 172 valence electrons. The first-order valence-electron chi connectivity index (χ1n) is 12.8. The lowest BCUT2D eigenvalue weighted by atomic mass is 9.43. The van der Waals surface area contributed by atoms with Gasteiger partial charge in [0.05, 0.1) is 18.3 Å². The van der Waals surface area contributed by atoms with Crippen molar-refractivity contribution >= 4 is 0 Å². The lowest BCUT2D eigenvalue weighted by Crippen LogP contribution is -2.62. The molecule has 3 heteroatoms. The summed E-state index contributed by atoms with van der Waals surface area (Å²) in [7, 11) is 0. The predicted octanol–water partition coefficient (Wildman–Crippen LogP) is 5.33. The number of allylic oxidation sites excluding steroid dienone is 2. The highest BCUT2D eigenvalue weighted by Gasteiger charge is 2.65. The third-order valence-corrected chi connectivity index (χ3v) is 10.7. The molecule has 4 fully saturated rings. The molecule has 0 saturated heterocycles. The van der Waals surface area contributed by atoms with Crippen LogP contribution in [0.1, 0.15) is 92.4 Å². The van der Waals surface area contributed by atoms with Crippen molar-refractivity contribution in [2.24, 2.45) is 46.3 Å². The quantitative estimate of drug-likeness (QED) is 0.541. The van der Waals surface area contributed by atoms with Crippen LogP contribution in [-0.2, 0) is 0 Å². The standard InChI is InChI=1S/C27H46O3/c1-16(2)7-6-8-17(3)20-9-10-21-25-22(15-24(30)27(20,21)5)26(4)12-11-19(28)13-18(26)14-23(25)29/h7,17-25,28-30H,6,8-15H2,1-5H3/t17-,18+,19-,20-,21+,22+,23-,24+,25+,26+,27-/m1/s1. The molecule has 0 unspecified atom stereocenters. The second kappa shape index (κ2) is 8.19. The Morgan fingerprint density at radius 2 is 1.73 bits per heavy atom. The first kappa shape index (κ1) is 22.8. The summed E-state index contributed by atoms with van der Waals surface area (Å²) in [5, 5.41) is 33.2. The molecular weight excluding hydrogens is 372 g/mol. The molecule has 3 N–H and O–H groups in total. The van der Waals surface area contributed by atoms with Crippen LogP contribution in [0.25, 0.3) is 0 Å². The highest BCUT2D eigenvalue weighted by Crippen LogP contribution is 2.68. The van der Waals surface area contributed by atoms with E-state index in [9.17, 15) is 15.3 Å². The van der Waals surface area contributed by atoms with E-state index in [4.69, 9.17) is 0 Å². The molecule has 4 rings (SSSR count). The molecule has 4 saturated carbocycles. The van der Waals surface area contributed by atoms with Gasteiger partial charge >= 0.3 is 0 Å². The largest absolute Gasteiger partial charge is 0.393 e. The zero-order valence-electron chi connectivity index (χ0n) is 20.0. The second-order valence-electron chi connectivity index (χ2n) is 12.4. The minimum atomic E-state index is -0.269. The Kier molecular flexibility index (Phi) is 6.23. The maximum absolute atomic E-state index is 11.6. The minimum absolute atomic E-state index is 0.0656. The van der Waals surface area contributed by atoms with Gasteiger partial charge in [0.25, 0.3) is 0 Å². The Morgan fingerprint density at radius 3 is 2.43 bits per heavy atom. The van der Waals surface area contributed by atoms with Crippen molar-refractivity contribution in [2.45, 2.75) is 111 Å². The second-order valence-corrected chi connectivity index (χ2v) is 12.4. The van der Waals surface area contributed by atoms with Crippen molar-refractivity contribution in [2.75, 3.05) is 0 Å². The van der Waals surface area contributed by atoms with Gasteiger partial charge in [-0.15, -0.1) is 0 Å². The van der Waals surface area contributed by atoms with E-state index < -0.39 is 0 Å². The van der Waals surface area contributed by atoms with E-state index in [1.807, 2.05) is 0 Å². The summed E-state index contributed by atoms with van der Waals surface area (Å²) in [6.45, 7) is 11.5. The zero-order valence-corrected chi connectivity index (χ0v) is 20.0. The lowest BCUT2D eigenvalue weighted by Gasteiger charge is -2.63. The Hall–Kier alpha value is -0.380. The summed E-state index contributed by atoms with van der Waals surface area (Å²) in [5.74, 6) is 2.71. The van der Waals surface area contributed by atoms with Gasteiger partial charge in [0, 0.05) is 0 Å². The molecule has 30 heavy (non-hydrogen) atoms. The Labute approximate surface area is 184 Å². The Balaban J connectivity index is 1.58. The van der Waals surface area contributed by atoms with Gasteiger partial charge < -0.3 is 15.3 Å². The molecule has 4 aliphatic carbocycles. The normalized spacial score (nSPS) is 51.5. The van der Waals surface area contributed by atoms with Crippen LogP contribution in [0.2, 0.25) is 0 Å². The number of aliphatic hydroxyl groups excluding tert-OH is 3. The van der Waals surface area contributed by atoms with Crippen molar-refractivity contribution in [3.8, 4) is 0 Å². The van der Waals surface area contributed by atoms with E-state index >= 15 is 0 Å². The molecule has 11 atom stereocenters. The summed E-state index contributed by atoms with van der Waals surface area (Å²) < 4.78 is 0. The summed E-state index contributed by atoms with van der Waals surface area (Å²) in [4.78, 5) is 0. The topological polar surface area (TPSA) is 60.7 Å². The van der Waals surface area contributed by atoms with Gasteiger partial charge in [0.2, 0.25) is 0 Å². The molecule has 0 aromatic rings. The van der Waals surface area contributed by atoms with Crippen molar-refractivity contribution in [1.29, 1.82) is 0 Å². The molecule has 3 nitrogen and oxygen atoms in total. The van der Waals surface area contributed by atoms with E-state index in [2.05, 4.69) is 40.7 Å². The van der Waals surface area contributed by atoms with Crippen molar-refractivity contribution in [3.05, 3.63) is 11.6 Å². The SMILES string of the molecule is CC(C)=CCC[C@@H](C)[C@H]1CC[C@H]2[C@@H]3[C@H](O)C[C@@H]4C[C@H](O)CC[C@]4(C)[C@H]3C[C@H](O)[C@]12C. The maximum Gasteiger partial charge on any atom is 0.0602 e. The highest BCUT2D eigenvalue weighted by atomic mass is 16.3. The smallest absolute Gasteiger partial charge is 0.0602 e. The Bertz CT molecular complexity index is 654. The minimum Gasteiger partial charge on any atom is -0.393 e. The summed E-state index contributed by atoms with van der Waals surface area (Å²) >= 11 is 0. The van der Waals surface area contributed by atoms with Crippen LogP contribution in [0.3, 0.4) is 0 Å². The van der Waals surface area contributed by atoms with Gasteiger partial charge in [-0.3, -0.25) is 0 Å². The van der Waals surface area contributed by atoms with Crippen LogP contribution in [-0.4, -0.2) is 33.6 Å². The molecule has 0 radical (unpaired) electrons. The fraction of sp³-hybridized carbons (Fsp3) is 0.926. The van der Waals surface area contributed by atoms with Crippen LogP contribution in [0.15, 0.2) is 11.6 Å². The van der Waals surface area contributed by atoms with Gasteiger partial charge in [0.1, 0.15) is 0 Å². The lowest BCUT2D eigenvalue weighted by molar-refractivity contribution is -0.207. The molecule has 0 heterocycles. The average Bonchev–Trinajstić information content (AvgIpc) is 3.02. The first-order valence-corrected chi connectivity index (χ1v) is 12.8. The van der Waals surface area contributed by atoms with Crippen LogP contribution < -0.4 is 0 Å². The molecule has 0 amide bonds. The summed E-state index contributed by atoms with van der Waals surface area (Å²) in [6, 6.07) is 0. The third kappa shape index (κ3) is 3.52. The fourth-order valence-electron chi connectivity index (χ4n) is 8.97. The van der Waals surface area contributed by atoms with Crippen molar-refractivity contribution < 1.29 is 15.3 Å². The molecule has 0 bridgehead atoms. The van der Waals surface area contributed by atoms with Crippen LogP contribution >= 0.6 is 0 Å². The number of hydrogen-bond donors (Lipinski definition) is 3. The summed E-state index contributed by atoms with van der Waals surface area (Å²) in [5.41, 5.74) is 1.49. The predicted molar refractivity (Wildman–Crippen MR) is 122 cm³/mol. The maximum atomic E-state index is 11.6. The average molecular weight is 419 g/mol. The van der Waals surface area contributed by atoms with Crippen LogP contribution in [0.4, 0.5) is 0 Å². The van der Waals surface area contributed by atoms with Crippen molar-refractivity contribution in [3.63, 3.8) is 0 Å². The summed E-state index contributed by atoms with van der Waals surface area (Å²) in [6.07, 6.45) is 10.7. The molecule has 0 aromatic carbocycles. The van der Waals surface area contributed by atoms with E-state index in [0.29, 0.717) is 35.5 Å². The fourth-order valence-corrected chi connectivity index (χ4v) is 8.97. The number of aliphatic hydroxyl groups is 3. The number of rotatable bonds is 4. The molecule has 0 spiro atoms. The van der Waals surface area contributed by atoms with Crippen LogP contribution in [0, 0.1) is 46.3 Å². The molecule has 0 aliphatic heterocycles. The van der Waals surface area contributed by atoms with Gasteiger partial charge in [-0.1, -0.05) is 32.4 Å². The van der Waals surface area contributed by atoms with Gasteiger partial charge in [-0.05, 0) is 118 Å². The highest BCUT2D eigenvalue weighted by molar-refractivity contribution is 5.14. The van der Waals surface area contributed by atoms with Crippen molar-refractivity contribution in [1.82, 2.24) is 0 Å². The van der Waals surface area contributed by atoms with Gasteiger partial charge in [0.15, 0.2) is 0 Å². The van der Waals surface area contributed by atoms with E-state index in [-0.39, 0.29) is 29.1 Å². The van der Waals surface area contributed by atoms with Gasteiger partial charge in [-0.25, -0.2) is 0 Å². The van der Waals surface area contributed by atoms with E-state index in [0.717, 1.165) is 44.9 Å². The monoisotopic (exact) mass is 418 g/mol. The molecule has 4 aliphatic rings. The first-order chi connectivity index (χ1) is 14.1. The van der Waals surface area contributed by atoms with E-state index in [1.54, 1.807) is 0 Å². The van der Waals surface area contributed by atoms with Crippen LogP contribution in [0.5, 0.6) is 0 Å². The zero-order chi connectivity index (χ0) is 21.8. The van der Waals surface area contributed by atoms with Gasteiger partial charge in [-0.2, -0.15) is 0 Å².